The average molecular weight is 444 g/mol. The van der Waals surface area contributed by atoms with Crippen LogP contribution in [0.4, 0.5) is 0 Å². The molecule has 0 fully saturated rings. The molecule has 0 radical (unpaired) electrons. The minimum atomic E-state index is -3.68. The number of carbonyl (C=O) groups excluding carboxylic acids is 1. The molecule has 0 saturated heterocycles. The monoisotopic (exact) mass is 443 g/mol. The first-order valence-corrected chi connectivity index (χ1v) is 11.2. The minimum absolute atomic E-state index is 0.00481. The van der Waals surface area contributed by atoms with E-state index in [1.165, 1.54) is 44.4 Å². The standard InChI is InChI=1S/C23H25NO6S/c1-14(2)19-12-20-17(11-22(25)30-21(20)9-15(19)3)13-29-23(26)16-7-6-8-18(10-16)31(27,28)24(4)5/h6-12,14H,13H2,1-5H3. The summed E-state index contributed by atoms with van der Waals surface area (Å²) in [5, 5.41) is 0.700. The number of aryl methyl sites for hydroxylation is 1. The highest BCUT2D eigenvalue weighted by atomic mass is 32.2. The Labute approximate surface area is 181 Å². The maximum Gasteiger partial charge on any atom is 0.338 e. The number of hydrogen-bond acceptors (Lipinski definition) is 6. The summed E-state index contributed by atoms with van der Waals surface area (Å²) >= 11 is 0. The van der Waals surface area contributed by atoms with Gasteiger partial charge >= 0.3 is 11.6 Å². The number of esters is 1. The molecule has 0 atom stereocenters. The number of sulfonamides is 1. The third kappa shape index (κ3) is 4.70. The van der Waals surface area contributed by atoms with Crippen molar-refractivity contribution in [3.63, 3.8) is 0 Å². The Kier molecular flexibility index (Phi) is 6.33. The van der Waals surface area contributed by atoms with Crippen molar-refractivity contribution in [2.75, 3.05) is 14.1 Å². The van der Waals surface area contributed by atoms with Crippen LogP contribution in [-0.2, 0) is 21.4 Å². The summed E-state index contributed by atoms with van der Waals surface area (Å²) in [6.45, 7) is 5.95. The largest absolute Gasteiger partial charge is 0.457 e. The Bertz CT molecular complexity index is 1310. The molecular formula is C23H25NO6S. The summed E-state index contributed by atoms with van der Waals surface area (Å²) in [7, 11) is -0.847. The molecule has 1 heterocycles. The lowest BCUT2D eigenvalue weighted by Gasteiger charge is -2.14. The fraction of sp³-hybridized carbons (Fsp3) is 0.304. The van der Waals surface area contributed by atoms with Crippen molar-refractivity contribution >= 4 is 27.0 Å². The van der Waals surface area contributed by atoms with E-state index in [0.29, 0.717) is 16.5 Å². The van der Waals surface area contributed by atoms with E-state index in [9.17, 15) is 18.0 Å². The Morgan fingerprint density at radius 1 is 1.13 bits per heavy atom. The van der Waals surface area contributed by atoms with Gasteiger partial charge in [-0.3, -0.25) is 0 Å². The fourth-order valence-corrected chi connectivity index (χ4v) is 4.30. The zero-order valence-electron chi connectivity index (χ0n) is 18.1. The van der Waals surface area contributed by atoms with Gasteiger partial charge in [0.1, 0.15) is 12.2 Å². The van der Waals surface area contributed by atoms with E-state index < -0.39 is 21.6 Å². The molecule has 0 N–H and O–H groups in total. The number of benzene rings is 2. The summed E-state index contributed by atoms with van der Waals surface area (Å²) in [6, 6.07) is 10.7. The molecule has 8 heteroatoms. The van der Waals surface area contributed by atoms with Crippen LogP contribution >= 0.6 is 0 Å². The normalized spacial score (nSPS) is 12.0. The van der Waals surface area contributed by atoms with E-state index in [1.807, 2.05) is 19.1 Å². The molecule has 31 heavy (non-hydrogen) atoms. The Morgan fingerprint density at radius 3 is 2.48 bits per heavy atom. The summed E-state index contributed by atoms with van der Waals surface area (Å²) in [5.74, 6) is -0.415. The van der Waals surface area contributed by atoms with Crippen LogP contribution < -0.4 is 5.63 Å². The van der Waals surface area contributed by atoms with Gasteiger partial charge in [-0.25, -0.2) is 22.3 Å². The van der Waals surface area contributed by atoms with Gasteiger partial charge in [0.2, 0.25) is 10.0 Å². The van der Waals surface area contributed by atoms with Crippen LogP contribution in [0.15, 0.2) is 56.6 Å². The lowest BCUT2D eigenvalue weighted by Crippen LogP contribution is -2.22. The van der Waals surface area contributed by atoms with Crippen molar-refractivity contribution in [1.82, 2.24) is 4.31 Å². The summed E-state index contributed by atoms with van der Waals surface area (Å²) < 4.78 is 36.4. The van der Waals surface area contributed by atoms with E-state index in [1.54, 1.807) is 0 Å². The van der Waals surface area contributed by atoms with Gasteiger partial charge in [-0.1, -0.05) is 19.9 Å². The molecule has 7 nitrogen and oxygen atoms in total. The molecule has 2 aromatic carbocycles. The topological polar surface area (TPSA) is 93.9 Å². The van der Waals surface area contributed by atoms with Crippen LogP contribution in [0.5, 0.6) is 0 Å². The lowest BCUT2D eigenvalue weighted by molar-refractivity contribution is 0.0473. The molecule has 0 aliphatic rings. The van der Waals surface area contributed by atoms with E-state index in [4.69, 9.17) is 9.15 Å². The Balaban J connectivity index is 1.92. The third-order valence-corrected chi connectivity index (χ3v) is 6.86. The van der Waals surface area contributed by atoms with Gasteiger partial charge in [-0.05, 0) is 54.3 Å². The summed E-state index contributed by atoms with van der Waals surface area (Å²) in [5.41, 5.74) is 2.65. The lowest BCUT2D eigenvalue weighted by atomic mass is 9.95. The number of ether oxygens (including phenoxy) is 1. The number of fused-ring (bicyclic) bond motifs is 1. The van der Waals surface area contributed by atoms with E-state index >= 15 is 0 Å². The molecule has 3 rings (SSSR count). The molecular weight excluding hydrogens is 418 g/mol. The maximum absolute atomic E-state index is 12.6. The highest BCUT2D eigenvalue weighted by Crippen LogP contribution is 2.27. The molecule has 1 aromatic heterocycles. The van der Waals surface area contributed by atoms with E-state index in [0.717, 1.165) is 15.4 Å². The highest BCUT2D eigenvalue weighted by Gasteiger charge is 2.20. The smallest absolute Gasteiger partial charge is 0.338 e. The van der Waals surface area contributed by atoms with Gasteiger partial charge in [-0.15, -0.1) is 0 Å². The van der Waals surface area contributed by atoms with Crippen molar-refractivity contribution in [1.29, 1.82) is 0 Å². The van der Waals surface area contributed by atoms with Crippen molar-refractivity contribution in [3.8, 4) is 0 Å². The molecule has 0 aliphatic carbocycles. The van der Waals surface area contributed by atoms with Gasteiger partial charge < -0.3 is 9.15 Å². The Hall–Kier alpha value is -2.97. The Morgan fingerprint density at radius 2 is 1.84 bits per heavy atom. The third-order valence-electron chi connectivity index (χ3n) is 5.05. The minimum Gasteiger partial charge on any atom is -0.457 e. The summed E-state index contributed by atoms with van der Waals surface area (Å²) in [4.78, 5) is 24.6. The van der Waals surface area contributed by atoms with Gasteiger partial charge in [0, 0.05) is 31.1 Å². The number of nitrogens with zero attached hydrogens (tertiary/aromatic N) is 1. The van der Waals surface area contributed by atoms with Crippen LogP contribution in [0.25, 0.3) is 11.0 Å². The van der Waals surface area contributed by atoms with Gasteiger partial charge in [-0.2, -0.15) is 0 Å². The second-order valence-corrected chi connectivity index (χ2v) is 9.99. The van der Waals surface area contributed by atoms with Crippen LogP contribution in [0, 0.1) is 6.92 Å². The molecule has 0 bridgehead atoms. The van der Waals surface area contributed by atoms with Crippen molar-refractivity contribution in [2.24, 2.45) is 0 Å². The fourth-order valence-electron chi connectivity index (χ4n) is 3.35. The first-order valence-electron chi connectivity index (χ1n) is 9.77. The van der Waals surface area contributed by atoms with Crippen molar-refractivity contribution < 1.29 is 22.4 Å². The van der Waals surface area contributed by atoms with Gasteiger partial charge in [0.15, 0.2) is 0 Å². The van der Waals surface area contributed by atoms with E-state index in [2.05, 4.69) is 13.8 Å². The quantitative estimate of drug-likeness (QED) is 0.425. The zero-order chi connectivity index (χ0) is 22.9. The van der Waals surface area contributed by atoms with Crippen LogP contribution in [0.1, 0.15) is 46.8 Å². The predicted octanol–water partition coefficient (Wildman–Crippen LogP) is 3.83. The molecule has 164 valence electrons. The van der Waals surface area contributed by atoms with Crippen LogP contribution in [0.2, 0.25) is 0 Å². The van der Waals surface area contributed by atoms with Crippen molar-refractivity contribution in [2.45, 2.75) is 38.2 Å². The number of carbonyl (C=O) groups is 1. The highest BCUT2D eigenvalue weighted by molar-refractivity contribution is 7.89. The average Bonchev–Trinajstić information content (AvgIpc) is 2.70. The molecule has 3 aromatic rings. The number of rotatable bonds is 6. The second kappa shape index (κ2) is 8.64. The molecule has 0 amide bonds. The number of hydrogen-bond donors (Lipinski definition) is 0. The molecule has 0 spiro atoms. The van der Waals surface area contributed by atoms with Crippen molar-refractivity contribution in [3.05, 3.63) is 75.1 Å². The molecule has 0 aliphatic heterocycles. The van der Waals surface area contributed by atoms with E-state index in [-0.39, 0.29) is 23.0 Å². The predicted molar refractivity (Wildman–Crippen MR) is 118 cm³/mol. The first kappa shape index (κ1) is 22.7. The van der Waals surface area contributed by atoms with Gasteiger partial charge in [0.05, 0.1) is 10.5 Å². The first-order chi connectivity index (χ1) is 14.5. The molecule has 0 saturated carbocycles. The summed E-state index contributed by atoms with van der Waals surface area (Å²) in [6.07, 6.45) is 0. The van der Waals surface area contributed by atoms with Crippen LogP contribution in [0.3, 0.4) is 0 Å². The van der Waals surface area contributed by atoms with Gasteiger partial charge in [0.25, 0.3) is 0 Å². The maximum atomic E-state index is 12.6. The second-order valence-electron chi connectivity index (χ2n) is 7.84. The SMILES string of the molecule is Cc1cc2oc(=O)cc(COC(=O)c3cccc(S(=O)(=O)N(C)C)c3)c2cc1C(C)C. The van der Waals surface area contributed by atoms with Crippen LogP contribution in [-0.4, -0.2) is 32.8 Å². The molecule has 0 unspecified atom stereocenters. The zero-order valence-corrected chi connectivity index (χ0v) is 18.9.